The maximum Gasteiger partial charge on any atom is 0.132 e. The van der Waals surface area contributed by atoms with Crippen molar-refractivity contribution in [3.05, 3.63) is 41.2 Å². The topological polar surface area (TPSA) is 85.8 Å². The van der Waals surface area contributed by atoms with Crippen molar-refractivity contribution in [3.8, 4) is 17.0 Å². The normalized spacial score (nSPS) is 12.6. The number of aromatic hydroxyl groups is 1. The zero-order valence-electron chi connectivity index (χ0n) is 9.29. The van der Waals surface area contributed by atoms with Gasteiger partial charge in [-0.05, 0) is 24.3 Å². The molecule has 0 fully saturated rings. The van der Waals surface area contributed by atoms with Crippen LogP contribution >= 0.6 is 0 Å². The molecule has 1 aromatic carbocycles. The number of benzene rings is 1. The summed E-state index contributed by atoms with van der Waals surface area (Å²) in [7, 11) is 1.76. The molecule has 1 heterocycles. The fraction of sp³-hybridized carbons (Fsp3) is 0.182. The number of hydrogen-bond acceptors (Lipinski definition) is 4. The molecule has 0 amide bonds. The Bertz CT molecular complexity index is 522. The first-order valence-electron chi connectivity index (χ1n) is 5.10. The van der Waals surface area contributed by atoms with E-state index in [1.54, 1.807) is 36.1 Å². The number of phenolic OH excluding ortho intramolecular Hbond substituents is 1. The maximum absolute atomic E-state index is 10.6. The molecule has 2 rings (SSSR count). The minimum absolute atomic E-state index is 0.0644. The lowest BCUT2D eigenvalue weighted by Crippen LogP contribution is -3.03. The third kappa shape index (κ3) is 2.44. The number of hydrogen-bond donors (Lipinski definition) is 3. The fourth-order valence-electron chi connectivity index (χ4n) is 1.71. The van der Waals surface area contributed by atoms with E-state index in [0.29, 0.717) is 11.1 Å². The lowest BCUT2D eigenvalue weighted by Gasteiger charge is -2.13. The van der Waals surface area contributed by atoms with Crippen molar-refractivity contribution in [2.75, 3.05) is 0 Å². The van der Waals surface area contributed by atoms with Crippen LogP contribution < -0.4 is 5.23 Å². The number of nitrogens with zero attached hydrogens (tertiary/aromatic N) is 2. The van der Waals surface area contributed by atoms with Gasteiger partial charge in [0.1, 0.15) is 12.3 Å². The molecule has 6 nitrogen and oxygen atoms in total. The summed E-state index contributed by atoms with van der Waals surface area (Å²) in [6.45, 7) is -0.0644. The zero-order valence-corrected chi connectivity index (χ0v) is 9.29. The molecule has 0 aliphatic heterocycles. The van der Waals surface area contributed by atoms with E-state index in [9.17, 15) is 10.3 Å². The second-order valence-electron chi connectivity index (χ2n) is 3.76. The molecule has 1 atom stereocenters. The lowest BCUT2D eigenvalue weighted by molar-refractivity contribution is -1.06. The Kier molecular flexibility index (Phi) is 3.10. The third-order valence-electron chi connectivity index (χ3n) is 2.51. The van der Waals surface area contributed by atoms with Crippen molar-refractivity contribution in [1.82, 2.24) is 9.78 Å². The predicted octanol–water partition coefficient (Wildman–Crippen LogP) is 0.0646. The molecule has 1 unspecified atom stereocenters. The van der Waals surface area contributed by atoms with Gasteiger partial charge >= 0.3 is 0 Å². The summed E-state index contributed by atoms with van der Waals surface area (Å²) in [5.74, 6) is 0.114. The molecule has 6 heteroatoms. The Labute approximate surface area is 97.9 Å². The summed E-state index contributed by atoms with van der Waals surface area (Å²) in [4.78, 5) is 0. The van der Waals surface area contributed by atoms with Gasteiger partial charge in [-0.1, -0.05) is 0 Å². The number of rotatable bonds is 3. The van der Waals surface area contributed by atoms with Crippen molar-refractivity contribution in [2.24, 2.45) is 7.05 Å². The van der Waals surface area contributed by atoms with Gasteiger partial charge < -0.3 is 10.3 Å². The fourth-order valence-corrected chi connectivity index (χ4v) is 1.71. The van der Waals surface area contributed by atoms with Crippen LogP contribution in [0.3, 0.4) is 0 Å². The van der Waals surface area contributed by atoms with E-state index in [2.05, 4.69) is 5.10 Å². The lowest BCUT2D eigenvalue weighted by atomic mass is 10.1. The van der Waals surface area contributed by atoms with E-state index in [0.717, 1.165) is 5.69 Å². The molecule has 0 radical (unpaired) electrons. The summed E-state index contributed by atoms with van der Waals surface area (Å²) in [5, 5.41) is 32.3. The summed E-state index contributed by atoms with van der Waals surface area (Å²) in [5.41, 5.74) is 1.98. The van der Waals surface area contributed by atoms with E-state index < -0.39 is 5.23 Å². The largest absolute Gasteiger partial charge is 0.600 e. The second kappa shape index (κ2) is 4.54. The molecule has 0 saturated heterocycles. The number of nitrogens with one attached hydrogen (secondary N) is 1. The quantitative estimate of drug-likeness (QED) is 0.657. The van der Waals surface area contributed by atoms with Crippen molar-refractivity contribution >= 4 is 0 Å². The molecule has 90 valence electrons. The first-order valence-corrected chi connectivity index (χ1v) is 5.10. The number of hydroxylamine groups is 2. The van der Waals surface area contributed by atoms with Gasteiger partial charge in [-0.15, -0.1) is 0 Å². The van der Waals surface area contributed by atoms with Gasteiger partial charge in [0.2, 0.25) is 0 Å². The average Bonchev–Trinajstić information content (AvgIpc) is 2.67. The van der Waals surface area contributed by atoms with Crippen LogP contribution in [0.25, 0.3) is 11.3 Å². The van der Waals surface area contributed by atoms with Crippen LogP contribution in [0.2, 0.25) is 0 Å². The number of aromatic nitrogens is 2. The van der Waals surface area contributed by atoms with Gasteiger partial charge in [0, 0.05) is 24.4 Å². The second-order valence-corrected chi connectivity index (χ2v) is 3.76. The van der Waals surface area contributed by atoms with Gasteiger partial charge in [-0.2, -0.15) is 5.10 Å². The Hall–Kier alpha value is -1.89. The van der Waals surface area contributed by atoms with Crippen LogP contribution in [-0.2, 0) is 13.6 Å². The molecule has 0 aliphatic rings. The van der Waals surface area contributed by atoms with Crippen LogP contribution in [0.15, 0.2) is 30.5 Å². The summed E-state index contributed by atoms with van der Waals surface area (Å²) in [6.07, 6.45) is 1.62. The highest BCUT2D eigenvalue weighted by molar-refractivity contribution is 5.67. The van der Waals surface area contributed by atoms with E-state index in [1.807, 2.05) is 0 Å². The highest BCUT2D eigenvalue weighted by atomic mass is 16.8. The van der Waals surface area contributed by atoms with E-state index >= 15 is 0 Å². The Morgan fingerprint density at radius 1 is 1.41 bits per heavy atom. The Balaban J connectivity index is 2.43. The zero-order chi connectivity index (χ0) is 12.4. The standard InChI is InChI=1S/C11H13N3O3/c1-13-10(4-5-12-13)9-6-8(7-14(16)17)2-3-11(9)15/h2-6,14-16H,7H2,1H3. The molecule has 0 spiro atoms. The van der Waals surface area contributed by atoms with E-state index in [4.69, 9.17) is 5.21 Å². The summed E-state index contributed by atoms with van der Waals surface area (Å²) < 4.78 is 1.62. The minimum atomic E-state index is -0.897. The SMILES string of the molecule is Cn1nccc1-c1cc(C[NH+]([O-])O)ccc1O. The van der Waals surface area contributed by atoms with Gasteiger partial charge in [-0.25, -0.2) is 10.4 Å². The molecule has 2 aromatic rings. The van der Waals surface area contributed by atoms with Crippen molar-refractivity contribution in [2.45, 2.75) is 6.54 Å². The number of aryl methyl sites for hydroxylation is 1. The molecule has 0 aliphatic carbocycles. The first kappa shape index (κ1) is 11.6. The number of phenols is 1. The van der Waals surface area contributed by atoms with Crippen LogP contribution in [0.5, 0.6) is 5.75 Å². The molecule has 1 aromatic heterocycles. The predicted molar refractivity (Wildman–Crippen MR) is 60.1 cm³/mol. The van der Waals surface area contributed by atoms with Crippen molar-refractivity contribution in [3.63, 3.8) is 0 Å². The smallest absolute Gasteiger partial charge is 0.132 e. The maximum atomic E-state index is 10.6. The molecule has 0 saturated carbocycles. The van der Waals surface area contributed by atoms with Gasteiger partial charge in [0.05, 0.1) is 5.69 Å². The average molecular weight is 235 g/mol. The van der Waals surface area contributed by atoms with E-state index in [1.165, 1.54) is 6.07 Å². The highest BCUT2D eigenvalue weighted by Gasteiger charge is 2.10. The third-order valence-corrected chi connectivity index (χ3v) is 2.51. The van der Waals surface area contributed by atoms with Crippen molar-refractivity contribution < 1.29 is 15.5 Å². The van der Waals surface area contributed by atoms with Gasteiger partial charge in [-0.3, -0.25) is 4.68 Å². The molecule has 0 bridgehead atoms. The van der Waals surface area contributed by atoms with Gasteiger partial charge in [0.15, 0.2) is 0 Å². The van der Waals surface area contributed by atoms with Crippen LogP contribution in [0.1, 0.15) is 5.56 Å². The highest BCUT2D eigenvalue weighted by Crippen LogP contribution is 2.29. The summed E-state index contributed by atoms with van der Waals surface area (Å²) in [6, 6.07) is 6.53. The number of quaternary nitrogens is 1. The molecule has 17 heavy (non-hydrogen) atoms. The Morgan fingerprint density at radius 2 is 2.18 bits per heavy atom. The molecular formula is C11H13N3O3. The molecular weight excluding hydrogens is 222 g/mol. The monoisotopic (exact) mass is 235 g/mol. The van der Waals surface area contributed by atoms with E-state index in [-0.39, 0.29) is 12.3 Å². The van der Waals surface area contributed by atoms with Gasteiger partial charge in [0.25, 0.3) is 0 Å². The Morgan fingerprint density at radius 3 is 2.76 bits per heavy atom. The van der Waals surface area contributed by atoms with Crippen LogP contribution in [-0.4, -0.2) is 20.1 Å². The molecule has 3 N–H and O–H groups in total. The van der Waals surface area contributed by atoms with Crippen LogP contribution in [0, 0.1) is 5.21 Å². The van der Waals surface area contributed by atoms with Crippen LogP contribution in [0.4, 0.5) is 0 Å². The first-order chi connectivity index (χ1) is 8.08. The summed E-state index contributed by atoms with van der Waals surface area (Å²) >= 11 is 0. The minimum Gasteiger partial charge on any atom is -0.600 e. The van der Waals surface area contributed by atoms with Crippen molar-refractivity contribution in [1.29, 1.82) is 0 Å².